The van der Waals surface area contributed by atoms with Crippen LogP contribution in [0.2, 0.25) is 0 Å². The minimum Gasteiger partial charge on any atom is -0.484 e. The molecular weight excluding hydrogens is 389 g/mol. The quantitative estimate of drug-likeness (QED) is 0.604. The summed E-state index contributed by atoms with van der Waals surface area (Å²) in [6.07, 6.45) is -1.04. The predicted octanol–water partition coefficient (Wildman–Crippen LogP) is 4.86. The Hall–Kier alpha value is -1.35. The lowest BCUT2D eigenvalue weighted by molar-refractivity contribution is -0.220. The average molecular weight is 418 g/mol. The third-order valence-corrected chi connectivity index (χ3v) is 5.06. The van der Waals surface area contributed by atoms with E-state index in [2.05, 4.69) is 6.92 Å². The van der Waals surface area contributed by atoms with Gasteiger partial charge in [0.05, 0.1) is 26.4 Å². The molecule has 0 atom stereocenters. The summed E-state index contributed by atoms with van der Waals surface area (Å²) in [6.45, 7) is 3.50. The molecule has 0 radical (unpaired) electrons. The fourth-order valence-corrected chi connectivity index (χ4v) is 3.49. The van der Waals surface area contributed by atoms with Crippen molar-refractivity contribution >= 4 is 0 Å². The number of hydrogen-bond donors (Lipinski definition) is 0. The highest BCUT2D eigenvalue weighted by Gasteiger charge is 2.29. The van der Waals surface area contributed by atoms with Gasteiger partial charge in [-0.3, -0.25) is 0 Å². The summed E-state index contributed by atoms with van der Waals surface area (Å²) in [5, 5.41) is 0. The Balaban J connectivity index is 1.35. The number of ether oxygens (including phenoxy) is 5. The van der Waals surface area contributed by atoms with E-state index in [1.807, 2.05) is 0 Å². The summed E-state index contributed by atoms with van der Waals surface area (Å²) in [7, 11) is 0. The van der Waals surface area contributed by atoms with E-state index in [1.54, 1.807) is 12.1 Å². The number of halogens is 3. The van der Waals surface area contributed by atoms with E-state index in [4.69, 9.17) is 23.7 Å². The highest BCUT2D eigenvalue weighted by atomic mass is 19.4. The van der Waals surface area contributed by atoms with Crippen LogP contribution in [0.25, 0.3) is 0 Å². The predicted molar refractivity (Wildman–Crippen MR) is 99.5 cm³/mol. The van der Waals surface area contributed by atoms with Crippen molar-refractivity contribution in [3.8, 4) is 5.75 Å². The summed E-state index contributed by atoms with van der Waals surface area (Å²) in [6, 6.07) is 6.30. The zero-order valence-electron chi connectivity index (χ0n) is 16.7. The van der Waals surface area contributed by atoms with Gasteiger partial charge in [-0.15, -0.1) is 0 Å². The zero-order valence-corrected chi connectivity index (χ0v) is 16.7. The monoisotopic (exact) mass is 418 g/mol. The van der Waals surface area contributed by atoms with E-state index in [1.165, 1.54) is 12.1 Å². The maximum atomic E-state index is 12.2. The van der Waals surface area contributed by atoms with E-state index in [9.17, 15) is 13.2 Å². The van der Waals surface area contributed by atoms with Crippen LogP contribution in [0.1, 0.15) is 44.5 Å². The number of benzene rings is 1. The van der Waals surface area contributed by atoms with Crippen LogP contribution in [-0.2, 0) is 18.9 Å². The molecule has 0 spiro atoms. The zero-order chi connectivity index (χ0) is 20.7. The summed E-state index contributed by atoms with van der Waals surface area (Å²) in [5.74, 6) is 0.929. The van der Waals surface area contributed by atoms with Gasteiger partial charge in [-0.05, 0) is 31.4 Å². The molecule has 2 aliphatic heterocycles. The Morgan fingerprint density at radius 1 is 0.862 bits per heavy atom. The minimum atomic E-state index is -4.35. The van der Waals surface area contributed by atoms with E-state index in [-0.39, 0.29) is 18.0 Å². The molecule has 2 fully saturated rings. The number of alkyl halides is 3. The van der Waals surface area contributed by atoms with Crippen molar-refractivity contribution in [2.75, 3.05) is 33.0 Å². The van der Waals surface area contributed by atoms with Gasteiger partial charge in [0.1, 0.15) is 5.75 Å². The molecule has 0 aliphatic carbocycles. The van der Waals surface area contributed by atoms with E-state index >= 15 is 0 Å². The molecule has 2 aliphatic rings. The van der Waals surface area contributed by atoms with Crippen molar-refractivity contribution in [3.05, 3.63) is 29.8 Å². The molecule has 5 nitrogen and oxygen atoms in total. The van der Waals surface area contributed by atoms with Gasteiger partial charge in [-0.25, -0.2) is 0 Å². The van der Waals surface area contributed by atoms with Gasteiger partial charge in [0, 0.05) is 17.4 Å². The van der Waals surface area contributed by atoms with Crippen molar-refractivity contribution in [2.24, 2.45) is 11.8 Å². The largest absolute Gasteiger partial charge is 0.484 e. The first kappa shape index (κ1) is 22.3. The molecule has 8 heteroatoms. The van der Waals surface area contributed by atoms with Crippen LogP contribution in [0, 0.1) is 11.8 Å². The van der Waals surface area contributed by atoms with Gasteiger partial charge in [0.2, 0.25) is 0 Å². The molecule has 0 amide bonds. The Morgan fingerprint density at radius 3 is 2.03 bits per heavy atom. The first-order chi connectivity index (χ1) is 13.9. The maximum Gasteiger partial charge on any atom is 0.422 e. The van der Waals surface area contributed by atoms with Crippen LogP contribution >= 0.6 is 0 Å². The third-order valence-electron chi connectivity index (χ3n) is 5.06. The van der Waals surface area contributed by atoms with Crippen molar-refractivity contribution in [1.29, 1.82) is 0 Å². The fourth-order valence-electron chi connectivity index (χ4n) is 3.49. The molecule has 2 heterocycles. The lowest BCUT2D eigenvalue weighted by Crippen LogP contribution is -2.33. The van der Waals surface area contributed by atoms with Crippen molar-refractivity contribution in [2.45, 2.75) is 51.4 Å². The second kappa shape index (κ2) is 10.6. The van der Waals surface area contributed by atoms with E-state index in [0.29, 0.717) is 19.1 Å². The maximum absolute atomic E-state index is 12.2. The molecule has 1 aromatic carbocycles. The summed E-state index contributed by atoms with van der Waals surface area (Å²) in [5.41, 5.74) is 0.753. The van der Waals surface area contributed by atoms with Crippen molar-refractivity contribution in [1.82, 2.24) is 0 Å². The molecule has 0 aromatic heterocycles. The summed E-state index contributed by atoms with van der Waals surface area (Å²) in [4.78, 5) is 0. The summed E-state index contributed by atoms with van der Waals surface area (Å²) >= 11 is 0. The molecule has 0 N–H and O–H groups in total. The first-order valence-electron chi connectivity index (χ1n) is 10.2. The third kappa shape index (κ3) is 7.44. The molecule has 2 saturated heterocycles. The first-order valence-corrected chi connectivity index (χ1v) is 10.2. The molecule has 0 unspecified atom stereocenters. The van der Waals surface area contributed by atoms with Crippen molar-refractivity contribution in [3.63, 3.8) is 0 Å². The molecular formula is C21H29F3O5. The lowest BCUT2D eigenvalue weighted by Gasteiger charge is -2.32. The second-order valence-corrected chi connectivity index (χ2v) is 7.67. The van der Waals surface area contributed by atoms with Crippen LogP contribution in [0.15, 0.2) is 24.3 Å². The topological polar surface area (TPSA) is 46.2 Å². The van der Waals surface area contributed by atoms with Gasteiger partial charge < -0.3 is 23.7 Å². The van der Waals surface area contributed by atoms with Crippen LogP contribution in [-0.4, -0.2) is 45.5 Å². The Kier molecular flexibility index (Phi) is 8.17. The highest BCUT2D eigenvalue weighted by molar-refractivity contribution is 5.28. The Bertz CT molecular complexity index is 591. The minimum absolute atomic E-state index is 0.148. The van der Waals surface area contributed by atoms with Crippen molar-refractivity contribution < 1.29 is 36.9 Å². The lowest BCUT2D eigenvalue weighted by atomic mass is 10.0. The highest BCUT2D eigenvalue weighted by Crippen LogP contribution is 2.29. The van der Waals surface area contributed by atoms with Crippen LogP contribution in [0.4, 0.5) is 13.2 Å². The molecule has 164 valence electrons. The van der Waals surface area contributed by atoms with Gasteiger partial charge >= 0.3 is 6.18 Å². The van der Waals surface area contributed by atoms with E-state index in [0.717, 1.165) is 44.5 Å². The van der Waals surface area contributed by atoms with Gasteiger partial charge in [0.15, 0.2) is 19.2 Å². The van der Waals surface area contributed by atoms with Gasteiger partial charge in [-0.2, -0.15) is 13.2 Å². The second-order valence-electron chi connectivity index (χ2n) is 7.67. The number of hydrogen-bond acceptors (Lipinski definition) is 5. The van der Waals surface area contributed by atoms with Gasteiger partial charge in [-0.1, -0.05) is 25.5 Å². The summed E-state index contributed by atoms with van der Waals surface area (Å²) < 4.78 is 64.5. The molecule has 0 saturated carbocycles. The fraction of sp³-hybridized carbons (Fsp3) is 0.714. The molecule has 29 heavy (non-hydrogen) atoms. The smallest absolute Gasteiger partial charge is 0.422 e. The van der Waals surface area contributed by atoms with Crippen LogP contribution in [0.5, 0.6) is 5.75 Å². The van der Waals surface area contributed by atoms with Crippen LogP contribution in [0.3, 0.4) is 0 Å². The van der Waals surface area contributed by atoms with Crippen LogP contribution < -0.4 is 4.74 Å². The average Bonchev–Trinajstić information content (AvgIpc) is 2.72. The number of rotatable bonds is 8. The Labute approximate surface area is 169 Å². The normalized spacial score (nSPS) is 28.3. The SMILES string of the molecule is CCCC1COC(CCC2COC(c3ccc(OCC(F)(F)F)cc3)OC2)OC1. The molecule has 1 aromatic rings. The Morgan fingerprint density at radius 2 is 1.45 bits per heavy atom. The van der Waals surface area contributed by atoms with Gasteiger partial charge in [0.25, 0.3) is 0 Å². The molecule has 3 rings (SSSR count). The van der Waals surface area contributed by atoms with E-state index < -0.39 is 19.1 Å². The standard InChI is InChI=1S/C21H29F3O5/c1-2-3-15-10-25-19(26-11-15)9-4-16-12-27-20(28-13-16)17-5-7-18(8-6-17)29-14-21(22,23)24/h5-8,15-16,19-20H,2-4,9-14H2,1H3. The molecule has 0 bridgehead atoms.